The Bertz CT molecular complexity index is 991. The molecule has 4 rings (SSSR count). The van der Waals surface area contributed by atoms with Gasteiger partial charge in [-0.15, -0.1) is 0 Å². The molecular weight excluding hydrogens is 390 g/mol. The van der Waals surface area contributed by atoms with Crippen LogP contribution in [0.5, 0.6) is 0 Å². The first-order chi connectivity index (χ1) is 14.9. The summed E-state index contributed by atoms with van der Waals surface area (Å²) in [5.41, 5.74) is 0.448. The summed E-state index contributed by atoms with van der Waals surface area (Å²) in [6.45, 7) is 9.05. The monoisotopic (exact) mass is 425 g/mol. The SMILES string of the molecule is CC(C)C1CCC[C@@H](N2CCC(n3c(=O)c(C(=O)O)nc4ccccc43)CC2)CC1C. The molecule has 0 spiro atoms. The summed E-state index contributed by atoms with van der Waals surface area (Å²) in [6.07, 6.45) is 6.89. The topological polar surface area (TPSA) is 75.4 Å². The fraction of sp³-hybridized carbons (Fsp3) is 0.640. The van der Waals surface area contributed by atoms with Crippen molar-refractivity contribution >= 4 is 17.0 Å². The first kappa shape index (κ1) is 22.0. The molecule has 2 unspecified atom stereocenters. The van der Waals surface area contributed by atoms with Crippen molar-refractivity contribution in [2.75, 3.05) is 13.1 Å². The molecule has 2 aromatic rings. The molecule has 1 aliphatic carbocycles. The Morgan fingerprint density at radius 2 is 1.81 bits per heavy atom. The largest absolute Gasteiger partial charge is 0.476 e. The minimum Gasteiger partial charge on any atom is -0.476 e. The Kier molecular flexibility index (Phi) is 6.47. The van der Waals surface area contributed by atoms with E-state index in [-0.39, 0.29) is 11.7 Å². The lowest BCUT2D eigenvalue weighted by Gasteiger charge is -2.39. The van der Waals surface area contributed by atoms with Gasteiger partial charge in [-0.1, -0.05) is 39.3 Å². The first-order valence-corrected chi connectivity index (χ1v) is 11.9. The number of fused-ring (bicyclic) bond motifs is 1. The van der Waals surface area contributed by atoms with Gasteiger partial charge in [0.2, 0.25) is 5.69 Å². The van der Waals surface area contributed by atoms with E-state index in [4.69, 9.17) is 0 Å². The van der Waals surface area contributed by atoms with Crippen LogP contribution in [0.1, 0.15) is 75.8 Å². The van der Waals surface area contributed by atoms with Gasteiger partial charge in [-0.2, -0.15) is 0 Å². The van der Waals surface area contributed by atoms with Crippen LogP contribution in [-0.2, 0) is 0 Å². The van der Waals surface area contributed by atoms with Crippen LogP contribution in [0.4, 0.5) is 0 Å². The van der Waals surface area contributed by atoms with E-state index >= 15 is 0 Å². The van der Waals surface area contributed by atoms with E-state index in [1.165, 1.54) is 25.7 Å². The molecule has 1 saturated carbocycles. The van der Waals surface area contributed by atoms with Gasteiger partial charge in [0.15, 0.2) is 0 Å². The second kappa shape index (κ2) is 9.11. The zero-order valence-corrected chi connectivity index (χ0v) is 19.0. The predicted octanol–water partition coefficient (Wildman–Crippen LogP) is 4.58. The van der Waals surface area contributed by atoms with Crippen molar-refractivity contribution in [3.8, 4) is 0 Å². The molecule has 1 N–H and O–H groups in total. The average molecular weight is 426 g/mol. The number of para-hydroxylation sites is 2. The van der Waals surface area contributed by atoms with Crippen molar-refractivity contribution in [3.05, 3.63) is 40.3 Å². The minimum atomic E-state index is -1.26. The molecule has 31 heavy (non-hydrogen) atoms. The van der Waals surface area contributed by atoms with Crippen molar-refractivity contribution in [2.45, 2.75) is 71.4 Å². The molecule has 1 aromatic heterocycles. The van der Waals surface area contributed by atoms with Gasteiger partial charge in [-0.25, -0.2) is 9.78 Å². The Morgan fingerprint density at radius 3 is 2.48 bits per heavy atom. The lowest BCUT2D eigenvalue weighted by atomic mass is 9.81. The number of piperidine rings is 1. The molecule has 1 aliphatic heterocycles. The van der Waals surface area contributed by atoms with E-state index in [1.807, 2.05) is 18.2 Å². The van der Waals surface area contributed by atoms with E-state index in [9.17, 15) is 14.7 Å². The summed E-state index contributed by atoms with van der Waals surface area (Å²) in [5, 5.41) is 9.49. The number of likely N-dealkylation sites (tertiary alicyclic amines) is 1. The first-order valence-electron chi connectivity index (χ1n) is 11.9. The second-order valence-corrected chi connectivity index (χ2v) is 9.90. The molecular formula is C25H35N3O3. The number of carbonyl (C=O) groups is 1. The number of rotatable bonds is 4. The quantitative estimate of drug-likeness (QED) is 0.726. The number of aromatic carboxylic acids is 1. The van der Waals surface area contributed by atoms with Gasteiger partial charge in [0.05, 0.1) is 11.0 Å². The van der Waals surface area contributed by atoms with Gasteiger partial charge in [-0.05, 0) is 62.0 Å². The standard InChI is InChI=1S/C25H35N3O3/c1-16(2)20-8-6-7-19(15-17(20)3)27-13-11-18(12-14-27)28-22-10-5-4-9-21(22)26-23(24(28)29)25(30)31/h4-5,9-10,16-20H,6-8,11-15H2,1-3H3,(H,30,31)/t17?,19-,20?/m1/s1. The number of carboxylic acid groups (broad SMARTS) is 1. The van der Waals surface area contributed by atoms with Crippen molar-refractivity contribution in [3.63, 3.8) is 0 Å². The molecule has 6 nitrogen and oxygen atoms in total. The van der Waals surface area contributed by atoms with Gasteiger partial charge in [0.1, 0.15) is 0 Å². The fourth-order valence-electron chi connectivity index (χ4n) is 6.08. The van der Waals surface area contributed by atoms with Gasteiger partial charge >= 0.3 is 5.97 Å². The number of aromatic nitrogens is 2. The minimum absolute atomic E-state index is 0.0152. The second-order valence-electron chi connectivity index (χ2n) is 9.90. The van der Waals surface area contributed by atoms with E-state index in [2.05, 4.69) is 30.7 Å². The highest BCUT2D eigenvalue weighted by molar-refractivity contribution is 5.88. The van der Waals surface area contributed by atoms with Crippen LogP contribution in [0.2, 0.25) is 0 Å². The van der Waals surface area contributed by atoms with Crippen LogP contribution in [0.15, 0.2) is 29.1 Å². The maximum atomic E-state index is 13.0. The third kappa shape index (κ3) is 4.40. The Balaban J connectivity index is 1.53. The summed E-state index contributed by atoms with van der Waals surface area (Å²) in [4.78, 5) is 31.4. The highest BCUT2D eigenvalue weighted by atomic mass is 16.4. The van der Waals surface area contributed by atoms with Crippen molar-refractivity contribution in [2.24, 2.45) is 17.8 Å². The number of benzene rings is 1. The lowest BCUT2D eigenvalue weighted by molar-refractivity contribution is 0.0687. The Morgan fingerprint density at radius 1 is 1.10 bits per heavy atom. The smallest absolute Gasteiger partial charge is 0.360 e. The summed E-state index contributed by atoms with van der Waals surface area (Å²) >= 11 is 0. The highest BCUT2D eigenvalue weighted by Crippen LogP contribution is 2.37. The summed E-state index contributed by atoms with van der Waals surface area (Å²) in [7, 11) is 0. The molecule has 3 atom stereocenters. The zero-order chi connectivity index (χ0) is 22.1. The van der Waals surface area contributed by atoms with Crippen LogP contribution in [0.3, 0.4) is 0 Å². The normalized spacial score (nSPS) is 26.3. The third-order valence-corrected chi connectivity index (χ3v) is 7.68. The molecule has 168 valence electrons. The molecule has 6 heteroatoms. The number of hydrogen-bond donors (Lipinski definition) is 1. The van der Waals surface area contributed by atoms with Crippen LogP contribution in [-0.4, -0.2) is 44.7 Å². The third-order valence-electron chi connectivity index (χ3n) is 7.68. The molecule has 2 heterocycles. The lowest BCUT2D eigenvalue weighted by Crippen LogP contribution is -2.44. The zero-order valence-electron chi connectivity index (χ0n) is 19.0. The Labute approximate surface area is 184 Å². The van der Waals surface area contributed by atoms with E-state index in [0.717, 1.165) is 49.2 Å². The fourth-order valence-corrected chi connectivity index (χ4v) is 6.08. The number of hydrogen-bond acceptors (Lipinski definition) is 4. The van der Waals surface area contributed by atoms with Crippen LogP contribution < -0.4 is 5.56 Å². The van der Waals surface area contributed by atoms with Crippen LogP contribution in [0, 0.1) is 17.8 Å². The molecule has 1 aromatic carbocycles. The molecule has 2 aliphatic rings. The van der Waals surface area contributed by atoms with Crippen LogP contribution in [0.25, 0.3) is 11.0 Å². The highest BCUT2D eigenvalue weighted by Gasteiger charge is 2.33. The molecule has 0 radical (unpaired) electrons. The van der Waals surface area contributed by atoms with Gasteiger partial charge < -0.3 is 14.6 Å². The summed E-state index contributed by atoms with van der Waals surface area (Å²) in [5.74, 6) is 1.05. The van der Waals surface area contributed by atoms with Gasteiger partial charge in [0.25, 0.3) is 5.56 Å². The van der Waals surface area contributed by atoms with E-state index < -0.39 is 11.5 Å². The molecule has 2 fully saturated rings. The van der Waals surface area contributed by atoms with Crippen molar-refractivity contribution in [1.29, 1.82) is 0 Å². The molecule has 1 saturated heterocycles. The van der Waals surface area contributed by atoms with E-state index in [0.29, 0.717) is 11.6 Å². The number of nitrogens with zero attached hydrogens (tertiary/aromatic N) is 3. The Hall–Kier alpha value is -2.21. The van der Waals surface area contributed by atoms with E-state index in [1.54, 1.807) is 10.6 Å². The maximum Gasteiger partial charge on any atom is 0.360 e. The van der Waals surface area contributed by atoms with Gasteiger partial charge in [-0.3, -0.25) is 4.79 Å². The molecule has 0 amide bonds. The average Bonchev–Trinajstić information content (AvgIpc) is 2.95. The predicted molar refractivity (Wildman–Crippen MR) is 123 cm³/mol. The van der Waals surface area contributed by atoms with Crippen molar-refractivity contribution < 1.29 is 9.90 Å². The van der Waals surface area contributed by atoms with Crippen molar-refractivity contribution in [1.82, 2.24) is 14.5 Å². The number of carboxylic acids is 1. The summed E-state index contributed by atoms with van der Waals surface area (Å²) in [6, 6.07) is 8.01. The maximum absolute atomic E-state index is 13.0. The van der Waals surface area contributed by atoms with Crippen LogP contribution >= 0.6 is 0 Å². The molecule has 0 bridgehead atoms. The van der Waals surface area contributed by atoms with Gasteiger partial charge in [0, 0.05) is 25.2 Å². The summed E-state index contributed by atoms with van der Waals surface area (Å²) < 4.78 is 1.70.